The van der Waals surface area contributed by atoms with Crippen molar-refractivity contribution in [3.05, 3.63) is 47.7 Å². The van der Waals surface area contributed by atoms with E-state index < -0.39 is 0 Å². The molecule has 1 aromatic heterocycles. The van der Waals surface area contributed by atoms with Crippen LogP contribution in [0, 0.1) is 0 Å². The van der Waals surface area contributed by atoms with E-state index in [1.165, 1.54) is 0 Å². The fraction of sp³-hybridized carbons (Fsp3) is 0.429. The minimum atomic E-state index is -0.389. The Balaban J connectivity index is 2.26. The molecule has 2 aromatic rings. The van der Waals surface area contributed by atoms with E-state index in [9.17, 15) is 0 Å². The monoisotopic (exact) mass is 264 g/mol. The Kier molecular flexibility index (Phi) is 3.71. The zero-order chi connectivity index (χ0) is 13.2. The van der Waals surface area contributed by atoms with Gasteiger partial charge in [0, 0.05) is 5.41 Å². The second kappa shape index (κ2) is 5.11. The van der Waals surface area contributed by atoms with Crippen molar-refractivity contribution in [2.45, 2.75) is 38.0 Å². The summed E-state index contributed by atoms with van der Waals surface area (Å²) in [5.74, 6) is 1.10. The second-order valence-electron chi connectivity index (χ2n) is 4.96. The molecule has 2 rings (SSSR count). The van der Waals surface area contributed by atoms with E-state index in [2.05, 4.69) is 31.0 Å². The minimum absolute atomic E-state index is 0.113. The number of benzene rings is 1. The van der Waals surface area contributed by atoms with Gasteiger partial charge in [-0.2, -0.15) is 0 Å². The molecule has 0 bridgehead atoms. The summed E-state index contributed by atoms with van der Waals surface area (Å²) in [5, 5.41) is 7.77. The number of nitrogens with zero attached hydrogens (tertiary/aromatic N) is 2. The van der Waals surface area contributed by atoms with Crippen molar-refractivity contribution >= 4 is 11.6 Å². The van der Waals surface area contributed by atoms with Crippen LogP contribution in [0.1, 0.15) is 49.9 Å². The third-order valence-corrected chi connectivity index (χ3v) is 3.65. The lowest BCUT2D eigenvalue weighted by Crippen LogP contribution is -2.15. The fourth-order valence-electron chi connectivity index (χ4n) is 1.53. The third-order valence-electron chi connectivity index (χ3n) is 3.21. The van der Waals surface area contributed by atoms with Gasteiger partial charge in [0.25, 0.3) is 0 Å². The second-order valence-corrected chi connectivity index (χ2v) is 5.39. The molecular formula is C14H17ClN2O. The quantitative estimate of drug-likeness (QED) is 0.781. The van der Waals surface area contributed by atoms with Crippen LogP contribution in [-0.2, 0) is 5.41 Å². The summed E-state index contributed by atoms with van der Waals surface area (Å²) >= 11 is 6.34. The molecular weight excluding hydrogens is 248 g/mol. The molecule has 0 radical (unpaired) electrons. The van der Waals surface area contributed by atoms with Crippen LogP contribution in [0.25, 0.3) is 0 Å². The summed E-state index contributed by atoms with van der Waals surface area (Å²) < 4.78 is 5.70. The molecule has 0 amide bonds. The molecule has 0 N–H and O–H groups in total. The van der Waals surface area contributed by atoms with Crippen LogP contribution < -0.4 is 0 Å². The molecule has 0 aliphatic rings. The van der Waals surface area contributed by atoms with E-state index >= 15 is 0 Å². The van der Waals surface area contributed by atoms with Gasteiger partial charge in [-0.05, 0) is 12.0 Å². The molecule has 1 heterocycles. The Bertz CT molecular complexity index is 508. The van der Waals surface area contributed by atoms with Gasteiger partial charge in [-0.1, -0.05) is 51.1 Å². The Morgan fingerprint density at radius 3 is 2.50 bits per heavy atom. The van der Waals surface area contributed by atoms with Crippen LogP contribution in [0.3, 0.4) is 0 Å². The van der Waals surface area contributed by atoms with Gasteiger partial charge in [-0.15, -0.1) is 21.8 Å². The highest BCUT2D eigenvalue weighted by molar-refractivity contribution is 6.22. The van der Waals surface area contributed by atoms with Crippen molar-refractivity contribution in [1.29, 1.82) is 0 Å². The number of hydrogen-bond donors (Lipinski definition) is 0. The van der Waals surface area contributed by atoms with E-state index in [0.29, 0.717) is 11.8 Å². The van der Waals surface area contributed by atoms with Gasteiger partial charge in [0.1, 0.15) is 5.38 Å². The lowest BCUT2D eigenvalue weighted by Gasteiger charge is -2.16. The first-order valence-electron chi connectivity index (χ1n) is 6.07. The Hall–Kier alpha value is -1.35. The van der Waals surface area contributed by atoms with Crippen molar-refractivity contribution in [2.24, 2.45) is 0 Å². The summed E-state index contributed by atoms with van der Waals surface area (Å²) in [7, 11) is 0. The van der Waals surface area contributed by atoms with E-state index in [1.807, 2.05) is 30.3 Å². The Morgan fingerprint density at radius 2 is 1.89 bits per heavy atom. The van der Waals surface area contributed by atoms with E-state index in [1.54, 1.807) is 0 Å². The van der Waals surface area contributed by atoms with Gasteiger partial charge in [0.2, 0.25) is 11.8 Å². The fourth-order valence-corrected chi connectivity index (χ4v) is 1.76. The predicted molar refractivity (Wildman–Crippen MR) is 71.8 cm³/mol. The molecule has 0 aliphatic carbocycles. The molecule has 1 aromatic carbocycles. The van der Waals surface area contributed by atoms with Crippen molar-refractivity contribution in [1.82, 2.24) is 10.2 Å². The molecule has 0 aliphatic heterocycles. The summed E-state index contributed by atoms with van der Waals surface area (Å²) in [5.41, 5.74) is 0.849. The lowest BCUT2D eigenvalue weighted by molar-refractivity contribution is 0.345. The molecule has 18 heavy (non-hydrogen) atoms. The molecule has 4 heteroatoms. The normalized spacial score (nSPS) is 13.6. The van der Waals surface area contributed by atoms with E-state index in [4.69, 9.17) is 16.0 Å². The van der Waals surface area contributed by atoms with Crippen LogP contribution in [0.2, 0.25) is 0 Å². The molecule has 96 valence electrons. The SMILES string of the molecule is CCC(C)(C)c1nnc(C(Cl)c2ccccc2)o1. The van der Waals surface area contributed by atoms with Crippen LogP contribution in [0.4, 0.5) is 0 Å². The van der Waals surface area contributed by atoms with Crippen molar-refractivity contribution in [3.8, 4) is 0 Å². The molecule has 0 saturated heterocycles. The summed E-state index contributed by atoms with van der Waals surface area (Å²) in [4.78, 5) is 0. The zero-order valence-electron chi connectivity index (χ0n) is 10.9. The lowest BCUT2D eigenvalue weighted by atomic mass is 9.90. The predicted octanol–water partition coefficient (Wildman–Crippen LogP) is 4.09. The topological polar surface area (TPSA) is 38.9 Å². The van der Waals surface area contributed by atoms with Crippen molar-refractivity contribution < 1.29 is 4.42 Å². The molecule has 3 nitrogen and oxygen atoms in total. The van der Waals surface area contributed by atoms with Crippen molar-refractivity contribution in [3.63, 3.8) is 0 Å². The number of aromatic nitrogens is 2. The number of halogens is 1. The molecule has 0 saturated carbocycles. The van der Waals surface area contributed by atoms with E-state index in [-0.39, 0.29) is 10.8 Å². The number of hydrogen-bond acceptors (Lipinski definition) is 3. The first-order chi connectivity index (χ1) is 8.54. The zero-order valence-corrected chi connectivity index (χ0v) is 11.6. The Labute approximate surface area is 112 Å². The first kappa shape index (κ1) is 13.1. The molecule has 0 spiro atoms. The van der Waals surface area contributed by atoms with Gasteiger partial charge < -0.3 is 4.42 Å². The maximum Gasteiger partial charge on any atom is 0.238 e. The van der Waals surface area contributed by atoms with Crippen LogP contribution in [-0.4, -0.2) is 10.2 Å². The van der Waals surface area contributed by atoms with Crippen LogP contribution in [0.5, 0.6) is 0 Å². The maximum atomic E-state index is 6.34. The smallest absolute Gasteiger partial charge is 0.238 e. The number of rotatable bonds is 4. The van der Waals surface area contributed by atoms with E-state index in [0.717, 1.165) is 12.0 Å². The molecule has 0 fully saturated rings. The largest absolute Gasteiger partial charge is 0.423 e. The van der Waals surface area contributed by atoms with Crippen LogP contribution in [0.15, 0.2) is 34.7 Å². The molecule has 1 atom stereocenters. The highest BCUT2D eigenvalue weighted by Gasteiger charge is 2.27. The summed E-state index contributed by atoms with van der Waals surface area (Å²) in [6, 6.07) is 9.74. The average molecular weight is 265 g/mol. The number of alkyl halides is 1. The third kappa shape index (κ3) is 2.56. The Morgan fingerprint density at radius 1 is 1.22 bits per heavy atom. The highest BCUT2D eigenvalue weighted by atomic mass is 35.5. The molecule has 1 unspecified atom stereocenters. The van der Waals surface area contributed by atoms with Crippen molar-refractivity contribution in [2.75, 3.05) is 0 Å². The van der Waals surface area contributed by atoms with Gasteiger partial charge >= 0.3 is 0 Å². The highest BCUT2D eigenvalue weighted by Crippen LogP contribution is 2.31. The summed E-state index contributed by atoms with van der Waals surface area (Å²) in [6.07, 6.45) is 0.937. The first-order valence-corrected chi connectivity index (χ1v) is 6.51. The summed E-state index contributed by atoms with van der Waals surface area (Å²) in [6.45, 7) is 6.26. The van der Waals surface area contributed by atoms with Gasteiger partial charge in [0.05, 0.1) is 0 Å². The maximum absolute atomic E-state index is 6.34. The van der Waals surface area contributed by atoms with Crippen LogP contribution >= 0.6 is 11.6 Å². The van der Waals surface area contributed by atoms with Gasteiger partial charge in [0.15, 0.2) is 0 Å². The minimum Gasteiger partial charge on any atom is -0.423 e. The standard InChI is InChI=1S/C14H17ClN2O/c1-4-14(2,3)13-17-16-12(18-13)11(15)10-8-6-5-7-9-10/h5-9,11H,4H2,1-3H3. The average Bonchev–Trinajstić information content (AvgIpc) is 2.89. The van der Waals surface area contributed by atoms with Gasteiger partial charge in [-0.3, -0.25) is 0 Å². The van der Waals surface area contributed by atoms with Gasteiger partial charge in [-0.25, -0.2) is 0 Å².